The van der Waals surface area contributed by atoms with Gasteiger partial charge in [-0.2, -0.15) is 0 Å². The number of nitrogens with zero attached hydrogens (tertiary/aromatic N) is 1. The highest BCUT2D eigenvalue weighted by atomic mass is 16.4. The predicted octanol–water partition coefficient (Wildman–Crippen LogP) is 0.0764. The Hall–Kier alpha value is -2.12. The lowest BCUT2D eigenvalue weighted by atomic mass is 9.95. The average Bonchev–Trinajstić information content (AvgIpc) is 2.34. The molecule has 0 aromatic heterocycles. The Labute approximate surface area is 122 Å². The number of imide groups is 1. The van der Waals surface area contributed by atoms with Crippen LogP contribution in [0.25, 0.3) is 0 Å². The van der Waals surface area contributed by atoms with Gasteiger partial charge in [0.15, 0.2) is 0 Å². The molecule has 1 heterocycles. The van der Waals surface area contributed by atoms with Crippen LogP contribution in [0.3, 0.4) is 0 Å². The molecular formula is C13H21N3O5. The van der Waals surface area contributed by atoms with Crippen LogP contribution >= 0.6 is 0 Å². The molecule has 0 radical (unpaired) electrons. The van der Waals surface area contributed by atoms with E-state index in [1.807, 2.05) is 0 Å². The molecule has 0 saturated carbocycles. The van der Waals surface area contributed by atoms with Crippen molar-refractivity contribution in [2.75, 3.05) is 6.54 Å². The van der Waals surface area contributed by atoms with Gasteiger partial charge in [-0.3, -0.25) is 14.9 Å². The van der Waals surface area contributed by atoms with Crippen LogP contribution in [0.1, 0.15) is 40.5 Å². The summed E-state index contributed by atoms with van der Waals surface area (Å²) in [6, 6.07) is -0.749. The average molecular weight is 299 g/mol. The number of carboxylic acid groups (broad SMARTS) is 1. The Morgan fingerprint density at radius 1 is 1.43 bits per heavy atom. The molecule has 8 nitrogen and oxygen atoms in total. The van der Waals surface area contributed by atoms with E-state index in [1.165, 1.54) is 20.8 Å². The molecule has 1 saturated heterocycles. The van der Waals surface area contributed by atoms with Crippen LogP contribution in [-0.4, -0.2) is 51.4 Å². The molecule has 0 aliphatic carbocycles. The zero-order valence-electron chi connectivity index (χ0n) is 12.6. The van der Waals surface area contributed by atoms with Crippen LogP contribution in [0.4, 0.5) is 4.79 Å². The fourth-order valence-corrected chi connectivity index (χ4v) is 2.13. The molecule has 0 aromatic carbocycles. The van der Waals surface area contributed by atoms with Crippen molar-refractivity contribution in [3.05, 3.63) is 0 Å². The molecule has 1 aliphatic rings. The van der Waals surface area contributed by atoms with Gasteiger partial charge in [-0.1, -0.05) is 13.3 Å². The number of carbonyl (C=O) groups is 4. The lowest BCUT2D eigenvalue weighted by molar-refractivity contribution is -0.144. The van der Waals surface area contributed by atoms with Crippen LogP contribution in [-0.2, 0) is 14.4 Å². The van der Waals surface area contributed by atoms with Gasteiger partial charge >= 0.3 is 12.0 Å². The van der Waals surface area contributed by atoms with Crippen molar-refractivity contribution in [3.8, 4) is 0 Å². The van der Waals surface area contributed by atoms with Crippen molar-refractivity contribution in [2.45, 2.75) is 51.6 Å². The van der Waals surface area contributed by atoms with Crippen molar-refractivity contribution < 1.29 is 24.3 Å². The Kier molecular flexibility index (Phi) is 4.60. The second-order valence-corrected chi connectivity index (χ2v) is 5.84. The Morgan fingerprint density at radius 2 is 2.00 bits per heavy atom. The summed E-state index contributed by atoms with van der Waals surface area (Å²) in [5.41, 5.74) is -2.68. The van der Waals surface area contributed by atoms with Crippen molar-refractivity contribution in [3.63, 3.8) is 0 Å². The second-order valence-electron chi connectivity index (χ2n) is 5.84. The Balaban J connectivity index is 2.98. The maximum atomic E-state index is 12.3. The van der Waals surface area contributed by atoms with Gasteiger partial charge in [0.1, 0.15) is 17.6 Å². The first-order valence-electron chi connectivity index (χ1n) is 6.72. The first-order chi connectivity index (χ1) is 9.54. The molecule has 1 unspecified atom stereocenters. The number of piperazine rings is 1. The van der Waals surface area contributed by atoms with Crippen molar-refractivity contribution in [2.24, 2.45) is 0 Å². The van der Waals surface area contributed by atoms with Crippen LogP contribution in [0.15, 0.2) is 0 Å². The Bertz CT molecular complexity index is 488. The number of aliphatic carboxylic acids is 1. The molecule has 8 heteroatoms. The summed E-state index contributed by atoms with van der Waals surface area (Å²) in [7, 11) is 0. The van der Waals surface area contributed by atoms with Gasteiger partial charge in [-0.15, -0.1) is 0 Å². The van der Waals surface area contributed by atoms with Gasteiger partial charge < -0.3 is 15.3 Å². The number of nitrogens with one attached hydrogen (secondary N) is 2. The summed E-state index contributed by atoms with van der Waals surface area (Å²) in [6.07, 6.45) is 0.800. The Morgan fingerprint density at radius 3 is 2.48 bits per heavy atom. The fourth-order valence-electron chi connectivity index (χ4n) is 2.13. The van der Waals surface area contributed by atoms with Crippen molar-refractivity contribution >= 4 is 23.8 Å². The van der Waals surface area contributed by atoms with E-state index in [0.717, 1.165) is 4.90 Å². The van der Waals surface area contributed by atoms with Crippen LogP contribution < -0.4 is 10.6 Å². The van der Waals surface area contributed by atoms with Gasteiger partial charge in [-0.25, -0.2) is 9.59 Å². The van der Waals surface area contributed by atoms with E-state index >= 15 is 0 Å². The molecule has 0 aromatic rings. The molecule has 118 valence electrons. The molecular weight excluding hydrogens is 278 g/mol. The van der Waals surface area contributed by atoms with Crippen molar-refractivity contribution in [1.29, 1.82) is 0 Å². The van der Waals surface area contributed by atoms with Crippen molar-refractivity contribution in [1.82, 2.24) is 15.5 Å². The number of amides is 4. The molecule has 0 bridgehead atoms. The largest absolute Gasteiger partial charge is 0.480 e. The van der Waals surface area contributed by atoms with Gasteiger partial charge in [0.05, 0.1) is 0 Å². The molecule has 1 atom stereocenters. The quantitative estimate of drug-likeness (QED) is 0.636. The molecule has 1 fully saturated rings. The first kappa shape index (κ1) is 16.9. The topological polar surface area (TPSA) is 116 Å². The highest BCUT2D eigenvalue weighted by Gasteiger charge is 2.45. The lowest BCUT2D eigenvalue weighted by Crippen LogP contribution is -2.69. The van der Waals surface area contributed by atoms with E-state index in [2.05, 4.69) is 10.6 Å². The van der Waals surface area contributed by atoms with Gasteiger partial charge in [0.2, 0.25) is 5.91 Å². The van der Waals surface area contributed by atoms with E-state index in [-0.39, 0.29) is 13.0 Å². The van der Waals surface area contributed by atoms with E-state index in [4.69, 9.17) is 0 Å². The summed E-state index contributed by atoms with van der Waals surface area (Å²) in [5, 5.41) is 13.8. The summed E-state index contributed by atoms with van der Waals surface area (Å²) in [4.78, 5) is 47.9. The van der Waals surface area contributed by atoms with Gasteiger partial charge in [0.25, 0.3) is 5.91 Å². The lowest BCUT2D eigenvalue weighted by Gasteiger charge is -2.41. The molecule has 4 amide bonds. The zero-order valence-corrected chi connectivity index (χ0v) is 12.6. The summed E-state index contributed by atoms with van der Waals surface area (Å²) in [6.45, 7) is 5.88. The third-order valence-electron chi connectivity index (χ3n) is 3.64. The molecule has 21 heavy (non-hydrogen) atoms. The first-order valence-corrected chi connectivity index (χ1v) is 6.72. The highest BCUT2D eigenvalue weighted by molar-refractivity contribution is 6.06. The number of carbonyl (C=O) groups excluding carboxylic acids is 3. The standard InChI is InChI=1S/C13H21N3O5/c1-5-6-13(4,10(19)20)15-11(21)16-7-8(17)14-9(18)12(16,2)3/h5-7H2,1-4H3,(H,15,21)(H,19,20)(H,14,17,18). The third-order valence-corrected chi connectivity index (χ3v) is 3.64. The minimum Gasteiger partial charge on any atom is -0.480 e. The summed E-state index contributed by atoms with van der Waals surface area (Å²) in [5.74, 6) is -2.35. The minimum absolute atomic E-state index is 0.239. The number of hydrogen-bond acceptors (Lipinski definition) is 4. The zero-order chi connectivity index (χ0) is 16.4. The SMILES string of the molecule is CCCC(C)(NC(=O)N1CC(=O)NC(=O)C1(C)C)C(=O)O. The number of rotatable bonds is 4. The fraction of sp³-hybridized carbons (Fsp3) is 0.692. The predicted molar refractivity (Wildman–Crippen MR) is 73.4 cm³/mol. The van der Waals surface area contributed by atoms with Crippen LogP contribution in [0.2, 0.25) is 0 Å². The summed E-state index contributed by atoms with van der Waals surface area (Å²) >= 11 is 0. The third kappa shape index (κ3) is 3.32. The smallest absolute Gasteiger partial charge is 0.329 e. The minimum atomic E-state index is -1.45. The van der Waals surface area contributed by atoms with Gasteiger partial charge in [-0.05, 0) is 27.2 Å². The second kappa shape index (κ2) is 5.71. The van der Waals surface area contributed by atoms with Gasteiger partial charge in [0, 0.05) is 0 Å². The number of urea groups is 1. The van der Waals surface area contributed by atoms with E-state index < -0.39 is 34.9 Å². The number of hydrogen-bond donors (Lipinski definition) is 3. The van der Waals surface area contributed by atoms with E-state index in [0.29, 0.717) is 6.42 Å². The van der Waals surface area contributed by atoms with Crippen LogP contribution in [0, 0.1) is 0 Å². The highest BCUT2D eigenvalue weighted by Crippen LogP contribution is 2.20. The molecule has 1 aliphatic heterocycles. The molecule has 3 N–H and O–H groups in total. The molecule has 1 rings (SSSR count). The van der Waals surface area contributed by atoms with E-state index in [1.54, 1.807) is 6.92 Å². The number of carboxylic acids is 1. The summed E-state index contributed by atoms with van der Waals surface area (Å²) < 4.78 is 0. The monoisotopic (exact) mass is 299 g/mol. The molecule has 0 spiro atoms. The van der Waals surface area contributed by atoms with Crippen LogP contribution in [0.5, 0.6) is 0 Å². The maximum Gasteiger partial charge on any atom is 0.329 e. The van der Waals surface area contributed by atoms with E-state index in [9.17, 15) is 24.3 Å². The maximum absolute atomic E-state index is 12.3. The normalized spacial score (nSPS) is 20.5.